The molecule has 0 saturated heterocycles. The predicted molar refractivity (Wildman–Crippen MR) is 73.8 cm³/mol. The molecule has 1 aromatic carbocycles. The van der Waals surface area contributed by atoms with Gasteiger partial charge in [0.25, 0.3) is 5.69 Å². The van der Waals surface area contributed by atoms with Gasteiger partial charge in [0.1, 0.15) is 5.75 Å². The Kier molecular flexibility index (Phi) is 6.38. The van der Waals surface area contributed by atoms with Gasteiger partial charge in [0, 0.05) is 24.4 Å². The Labute approximate surface area is 112 Å². The Bertz CT molecular complexity index is 435. The first-order valence-electron chi connectivity index (χ1n) is 5.93. The number of anilines is 1. The second-order valence-electron chi connectivity index (χ2n) is 3.79. The number of nitrogens with zero attached hydrogens (tertiary/aromatic N) is 1. The number of nitrogens with one attached hydrogen (secondary N) is 1. The van der Waals surface area contributed by atoms with Crippen LogP contribution in [0.2, 0.25) is 0 Å². The van der Waals surface area contributed by atoms with Crippen molar-refractivity contribution >= 4 is 11.4 Å². The molecule has 0 unspecified atom stereocenters. The number of methoxy groups -OCH3 is 1. The summed E-state index contributed by atoms with van der Waals surface area (Å²) in [5.74, 6) is 0.448. The van der Waals surface area contributed by atoms with Crippen LogP contribution in [0.1, 0.15) is 6.42 Å². The van der Waals surface area contributed by atoms with Crippen molar-refractivity contribution in [2.75, 3.05) is 32.2 Å². The van der Waals surface area contributed by atoms with E-state index in [1.165, 1.54) is 19.2 Å². The monoisotopic (exact) mass is 266 g/mol. The SMILES string of the molecule is C=CCCOCCNc1cc(OC)cc([N+](=O)[O-])c1. The Morgan fingerprint density at radius 1 is 1.42 bits per heavy atom. The van der Waals surface area contributed by atoms with Gasteiger partial charge >= 0.3 is 0 Å². The van der Waals surface area contributed by atoms with Gasteiger partial charge < -0.3 is 14.8 Å². The second-order valence-corrected chi connectivity index (χ2v) is 3.79. The Morgan fingerprint density at radius 3 is 2.84 bits per heavy atom. The zero-order valence-corrected chi connectivity index (χ0v) is 10.9. The Morgan fingerprint density at radius 2 is 2.21 bits per heavy atom. The highest BCUT2D eigenvalue weighted by molar-refractivity contribution is 5.56. The lowest BCUT2D eigenvalue weighted by Gasteiger charge is -2.08. The molecule has 0 aliphatic carbocycles. The predicted octanol–water partition coefficient (Wildman–Crippen LogP) is 2.61. The summed E-state index contributed by atoms with van der Waals surface area (Å²) in [5.41, 5.74) is 0.632. The van der Waals surface area contributed by atoms with Gasteiger partial charge in [-0.15, -0.1) is 6.58 Å². The van der Waals surface area contributed by atoms with Crippen LogP contribution < -0.4 is 10.1 Å². The quantitative estimate of drug-likeness (QED) is 0.322. The van der Waals surface area contributed by atoms with E-state index in [-0.39, 0.29) is 5.69 Å². The molecule has 1 aromatic rings. The van der Waals surface area contributed by atoms with Gasteiger partial charge in [-0.2, -0.15) is 0 Å². The van der Waals surface area contributed by atoms with Crippen molar-refractivity contribution in [3.8, 4) is 5.75 Å². The molecular formula is C13H18N2O4. The van der Waals surface area contributed by atoms with E-state index < -0.39 is 4.92 Å². The Hall–Kier alpha value is -2.08. The highest BCUT2D eigenvalue weighted by Crippen LogP contribution is 2.25. The van der Waals surface area contributed by atoms with Crippen molar-refractivity contribution in [1.29, 1.82) is 0 Å². The minimum atomic E-state index is -0.450. The van der Waals surface area contributed by atoms with Gasteiger partial charge in [-0.05, 0) is 6.42 Å². The van der Waals surface area contributed by atoms with Crippen LogP contribution in [0.5, 0.6) is 5.75 Å². The zero-order valence-electron chi connectivity index (χ0n) is 10.9. The van der Waals surface area contributed by atoms with Crippen LogP contribution in [0.15, 0.2) is 30.9 Å². The summed E-state index contributed by atoms with van der Waals surface area (Å²) in [7, 11) is 1.47. The Balaban J connectivity index is 2.50. The molecule has 0 aliphatic rings. The van der Waals surface area contributed by atoms with E-state index in [0.717, 1.165) is 6.42 Å². The lowest BCUT2D eigenvalue weighted by atomic mass is 10.2. The molecule has 1 rings (SSSR count). The molecule has 1 N–H and O–H groups in total. The van der Waals surface area contributed by atoms with Crippen LogP contribution in [-0.4, -0.2) is 31.8 Å². The van der Waals surface area contributed by atoms with Crippen LogP contribution in [0.3, 0.4) is 0 Å². The minimum Gasteiger partial charge on any atom is -0.496 e. The number of ether oxygens (including phenoxy) is 2. The first-order chi connectivity index (χ1) is 9.17. The maximum atomic E-state index is 10.8. The van der Waals surface area contributed by atoms with E-state index in [1.807, 2.05) is 0 Å². The number of hydrogen-bond donors (Lipinski definition) is 1. The molecule has 0 saturated carbocycles. The van der Waals surface area contributed by atoms with Gasteiger partial charge in [-0.1, -0.05) is 6.08 Å². The number of rotatable bonds is 9. The maximum Gasteiger partial charge on any atom is 0.275 e. The first kappa shape index (κ1) is 15.0. The minimum absolute atomic E-state index is 0.00516. The fourth-order valence-electron chi connectivity index (χ4n) is 1.44. The summed E-state index contributed by atoms with van der Waals surface area (Å²) in [6.45, 7) is 5.32. The van der Waals surface area contributed by atoms with Crippen LogP contribution >= 0.6 is 0 Å². The van der Waals surface area contributed by atoms with E-state index in [9.17, 15) is 10.1 Å². The number of nitro benzene ring substituents is 1. The van der Waals surface area contributed by atoms with Gasteiger partial charge in [-0.3, -0.25) is 10.1 Å². The number of benzene rings is 1. The molecule has 0 heterocycles. The van der Waals surface area contributed by atoms with E-state index in [1.54, 1.807) is 12.1 Å². The van der Waals surface area contributed by atoms with Gasteiger partial charge in [-0.25, -0.2) is 0 Å². The van der Waals surface area contributed by atoms with Crippen molar-refractivity contribution in [2.24, 2.45) is 0 Å². The molecule has 0 bridgehead atoms. The van der Waals surface area contributed by atoms with Crippen LogP contribution in [0.25, 0.3) is 0 Å². The van der Waals surface area contributed by atoms with Crippen LogP contribution in [0, 0.1) is 10.1 Å². The maximum absolute atomic E-state index is 10.8. The molecule has 0 atom stereocenters. The first-order valence-corrected chi connectivity index (χ1v) is 5.93. The third-order valence-corrected chi connectivity index (χ3v) is 2.38. The molecule has 0 fully saturated rings. The molecule has 0 aliphatic heterocycles. The average Bonchev–Trinajstić information content (AvgIpc) is 2.42. The highest BCUT2D eigenvalue weighted by Gasteiger charge is 2.09. The van der Waals surface area contributed by atoms with Crippen molar-refractivity contribution < 1.29 is 14.4 Å². The summed E-state index contributed by atoms with van der Waals surface area (Å²) in [6, 6.07) is 4.55. The molecule has 0 amide bonds. The lowest BCUT2D eigenvalue weighted by Crippen LogP contribution is -2.10. The fourth-order valence-corrected chi connectivity index (χ4v) is 1.44. The average molecular weight is 266 g/mol. The van der Waals surface area contributed by atoms with Crippen molar-refractivity contribution in [2.45, 2.75) is 6.42 Å². The summed E-state index contributed by atoms with van der Waals surface area (Å²) in [5, 5.41) is 13.8. The fraction of sp³-hybridized carbons (Fsp3) is 0.385. The molecule has 0 spiro atoms. The summed E-state index contributed by atoms with van der Waals surface area (Å²) >= 11 is 0. The standard InChI is InChI=1S/C13H18N2O4/c1-3-4-6-19-7-5-14-11-8-12(15(16)17)10-13(9-11)18-2/h3,8-10,14H,1,4-7H2,2H3. The van der Waals surface area contributed by atoms with Crippen molar-refractivity contribution in [3.63, 3.8) is 0 Å². The van der Waals surface area contributed by atoms with Gasteiger partial charge in [0.2, 0.25) is 0 Å². The molecule has 0 radical (unpaired) electrons. The third kappa shape index (κ3) is 5.39. The lowest BCUT2D eigenvalue weighted by molar-refractivity contribution is -0.384. The highest BCUT2D eigenvalue weighted by atomic mass is 16.6. The molecular weight excluding hydrogens is 248 g/mol. The molecule has 6 heteroatoms. The van der Waals surface area contributed by atoms with E-state index in [0.29, 0.717) is 31.2 Å². The zero-order chi connectivity index (χ0) is 14.1. The molecule has 19 heavy (non-hydrogen) atoms. The normalized spacial score (nSPS) is 9.95. The van der Waals surface area contributed by atoms with E-state index >= 15 is 0 Å². The van der Waals surface area contributed by atoms with E-state index in [4.69, 9.17) is 9.47 Å². The van der Waals surface area contributed by atoms with Gasteiger partial charge in [0.15, 0.2) is 0 Å². The number of hydrogen-bond acceptors (Lipinski definition) is 5. The molecule has 104 valence electrons. The smallest absolute Gasteiger partial charge is 0.275 e. The van der Waals surface area contributed by atoms with Crippen LogP contribution in [-0.2, 0) is 4.74 Å². The third-order valence-electron chi connectivity index (χ3n) is 2.38. The second kappa shape index (κ2) is 8.10. The summed E-state index contributed by atoms with van der Waals surface area (Å²) in [4.78, 5) is 10.3. The summed E-state index contributed by atoms with van der Waals surface area (Å²) in [6.07, 6.45) is 2.60. The molecule has 0 aromatic heterocycles. The largest absolute Gasteiger partial charge is 0.496 e. The number of non-ortho nitro benzene ring substituents is 1. The van der Waals surface area contributed by atoms with Crippen LogP contribution in [0.4, 0.5) is 11.4 Å². The number of nitro groups is 1. The van der Waals surface area contributed by atoms with E-state index in [2.05, 4.69) is 11.9 Å². The topological polar surface area (TPSA) is 73.6 Å². The van der Waals surface area contributed by atoms with Gasteiger partial charge in [0.05, 0.1) is 31.3 Å². The van der Waals surface area contributed by atoms with Crippen molar-refractivity contribution in [3.05, 3.63) is 41.0 Å². The van der Waals surface area contributed by atoms with Crippen molar-refractivity contribution in [1.82, 2.24) is 0 Å². The molecule has 6 nitrogen and oxygen atoms in total. The summed E-state index contributed by atoms with van der Waals surface area (Å²) < 4.78 is 10.3.